The molecule has 3 rings (SSSR count). The van der Waals surface area contributed by atoms with Gasteiger partial charge in [-0.3, -0.25) is 4.79 Å². The second-order valence-electron chi connectivity index (χ2n) is 4.89. The Morgan fingerprint density at radius 3 is 3.05 bits per heavy atom. The van der Waals surface area contributed by atoms with Gasteiger partial charge >= 0.3 is 0 Å². The minimum Gasteiger partial charge on any atom is -0.375 e. The molecule has 0 spiro atoms. The lowest BCUT2D eigenvalue weighted by Gasteiger charge is -2.24. The molecule has 0 unspecified atom stereocenters. The van der Waals surface area contributed by atoms with Gasteiger partial charge in [-0.1, -0.05) is 0 Å². The van der Waals surface area contributed by atoms with Crippen molar-refractivity contribution in [1.29, 1.82) is 0 Å². The molecular weight excluding hydrogens is 260 g/mol. The van der Waals surface area contributed by atoms with Gasteiger partial charge in [0, 0.05) is 12.6 Å². The van der Waals surface area contributed by atoms with Crippen LogP contribution in [-0.4, -0.2) is 35.8 Å². The standard InChI is InChI=1S/C13H18N4OS/c18-12-8-16-11-2-1-10(17-13(11)19-12)7-15-9-3-5-14-6-4-9/h1-2,9,14-16H,3-8H2. The highest BCUT2D eigenvalue weighted by molar-refractivity contribution is 8.13. The predicted octanol–water partition coefficient (Wildman–Crippen LogP) is 0.967. The summed E-state index contributed by atoms with van der Waals surface area (Å²) in [5.41, 5.74) is 1.97. The van der Waals surface area contributed by atoms with Crippen LogP contribution >= 0.6 is 11.8 Å². The molecule has 102 valence electrons. The van der Waals surface area contributed by atoms with Gasteiger partial charge in [0.2, 0.25) is 5.12 Å². The molecule has 0 aromatic carbocycles. The number of rotatable bonds is 3. The number of nitrogens with one attached hydrogen (secondary N) is 3. The van der Waals surface area contributed by atoms with Crippen molar-refractivity contribution in [2.24, 2.45) is 0 Å². The Morgan fingerprint density at radius 2 is 2.21 bits per heavy atom. The van der Waals surface area contributed by atoms with Crippen LogP contribution < -0.4 is 16.0 Å². The number of thioether (sulfide) groups is 1. The first-order valence-corrected chi connectivity index (χ1v) is 7.51. The van der Waals surface area contributed by atoms with Crippen LogP contribution in [0.1, 0.15) is 18.5 Å². The van der Waals surface area contributed by atoms with Crippen molar-refractivity contribution in [3.63, 3.8) is 0 Å². The van der Waals surface area contributed by atoms with Crippen molar-refractivity contribution in [3.05, 3.63) is 17.8 Å². The number of piperidine rings is 1. The van der Waals surface area contributed by atoms with Crippen molar-refractivity contribution < 1.29 is 4.79 Å². The quantitative estimate of drug-likeness (QED) is 0.765. The number of pyridine rings is 1. The smallest absolute Gasteiger partial charge is 0.214 e. The van der Waals surface area contributed by atoms with E-state index in [1.165, 1.54) is 24.6 Å². The van der Waals surface area contributed by atoms with E-state index in [2.05, 4.69) is 20.9 Å². The van der Waals surface area contributed by atoms with E-state index in [1.54, 1.807) is 0 Å². The maximum Gasteiger partial charge on any atom is 0.214 e. The van der Waals surface area contributed by atoms with Crippen molar-refractivity contribution in [2.45, 2.75) is 30.5 Å². The molecule has 0 aliphatic carbocycles. The van der Waals surface area contributed by atoms with Gasteiger partial charge in [0.15, 0.2) is 0 Å². The van der Waals surface area contributed by atoms with Crippen molar-refractivity contribution in [1.82, 2.24) is 15.6 Å². The summed E-state index contributed by atoms with van der Waals surface area (Å²) in [5.74, 6) is 0. The molecule has 0 amide bonds. The summed E-state index contributed by atoms with van der Waals surface area (Å²) in [6.07, 6.45) is 2.33. The van der Waals surface area contributed by atoms with Crippen molar-refractivity contribution in [2.75, 3.05) is 25.0 Å². The van der Waals surface area contributed by atoms with Crippen LogP contribution in [0.2, 0.25) is 0 Å². The molecule has 19 heavy (non-hydrogen) atoms. The van der Waals surface area contributed by atoms with Gasteiger partial charge in [-0.15, -0.1) is 0 Å². The van der Waals surface area contributed by atoms with E-state index in [4.69, 9.17) is 0 Å². The summed E-state index contributed by atoms with van der Waals surface area (Å²) in [5, 5.41) is 10.9. The van der Waals surface area contributed by atoms with Gasteiger partial charge in [-0.05, 0) is 49.8 Å². The van der Waals surface area contributed by atoms with Gasteiger partial charge in [0.05, 0.1) is 17.9 Å². The summed E-state index contributed by atoms with van der Waals surface area (Å²) < 4.78 is 0. The first kappa shape index (κ1) is 12.9. The number of hydrogen-bond acceptors (Lipinski definition) is 6. The summed E-state index contributed by atoms with van der Waals surface area (Å²) in [6, 6.07) is 4.61. The highest BCUT2D eigenvalue weighted by atomic mass is 32.2. The number of hydrogen-bond donors (Lipinski definition) is 3. The zero-order chi connectivity index (χ0) is 13.1. The average Bonchev–Trinajstić information content (AvgIpc) is 2.46. The van der Waals surface area contributed by atoms with Gasteiger partial charge in [0.1, 0.15) is 5.03 Å². The minimum absolute atomic E-state index is 0.128. The molecule has 3 N–H and O–H groups in total. The number of fused-ring (bicyclic) bond motifs is 1. The Bertz CT molecular complexity index is 474. The molecule has 1 saturated heterocycles. The van der Waals surface area contributed by atoms with Crippen LogP contribution in [0.15, 0.2) is 17.2 Å². The number of carbonyl (C=O) groups excluding carboxylic acids is 1. The minimum atomic E-state index is 0.128. The topological polar surface area (TPSA) is 66.1 Å². The molecule has 5 nitrogen and oxygen atoms in total. The highest BCUT2D eigenvalue weighted by Gasteiger charge is 2.18. The van der Waals surface area contributed by atoms with E-state index in [0.717, 1.165) is 36.0 Å². The normalized spacial score (nSPS) is 19.9. The van der Waals surface area contributed by atoms with Crippen LogP contribution in [0, 0.1) is 0 Å². The molecule has 1 fully saturated rings. The Hall–Kier alpha value is -1.11. The van der Waals surface area contributed by atoms with E-state index in [0.29, 0.717) is 12.6 Å². The molecule has 0 bridgehead atoms. The van der Waals surface area contributed by atoms with E-state index in [-0.39, 0.29) is 5.12 Å². The average molecular weight is 278 g/mol. The van der Waals surface area contributed by atoms with E-state index in [9.17, 15) is 4.79 Å². The Morgan fingerprint density at radius 1 is 1.37 bits per heavy atom. The van der Waals surface area contributed by atoms with Crippen LogP contribution in [-0.2, 0) is 11.3 Å². The molecule has 1 aromatic rings. The SMILES string of the molecule is O=C1CNc2ccc(CNC3CCNCC3)nc2S1. The molecule has 2 aliphatic heterocycles. The molecule has 2 aliphatic rings. The summed E-state index contributed by atoms with van der Waals surface area (Å²) in [7, 11) is 0. The third-order valence-electron chi connectivity index (χ3n) is 3.46. The number of nitrogens with zero attached hydrogens (tertiary/aromatic N) is 1. The summed E-state index contributed by atoms with van der Waals surface area (Å²) in [4.78, 5) is 15.9. The lowest BCUT2D eigenvalue weighted by molar-refractivity contribution is -0.109. The second kappa shape index (κ2) is 5.90. The fourth-order valence-corrected chi connectivity index (χ4v) is 3.15. The summed E-state index contributed by atoms with van der Waals surface area (Å²) in [6.45, 7) is 3.34. The lowest BCUT2D eigenvalue weighted by Crippen LogP contribution is -2.39. The van der Waals surface area contributed by atoms with Gasteiger partial charge < -0.3 is 16.0 Å². The van der Waals surface area contributed by atoms with Crippen LogP contribution in [0.25, 0.3) is 0 Å². The molecule has 0 radical (unpaired) electrons. The van der Waals surface area contributed by atoms with E-state index < -0.39 is 0 Å². The van der Waals surface area contributed by atoms with Crippen LogP contribution in [0.3, 0.4) is 0 Å². The molecular formula is C13H18N4OS. The zero-order valence-electron chi connectivity index (χ0n) is 10.7. The predicted molar refractivity (Wildman–Crippen MR) is 76.3 cm³/mol. The van der Waals surface area contributed by atoms with Crippen LogP contribution in [0.5, 0.6) is 0 Å². The maximum absolute atomic E-state index is 11.4. The Balaban J connectivity index is 1.61. The summed E-state index contributed by atoms with van der Waals surface area (Å²) >= 11 is 1.24. The molecule has 3 heterocycles. The van der Waals surface area contributed by atoms with Gasteiger partial charge in [-0.25, -0.2) is 4.98 Å². The third-order valence-corrected chi connectivity index (χ3v) is 4.34. The lowest BCUT2D eigenvalue weighted by atomic mass is 10.1. The Kier molecular flexibility index (Phi) is 4.00. The van der Waals surface area contributed by atoms with E-state index >= 15 is 0 Å². The third kappa shape index (κ3) is 3.26. The van der Waals surface area contributed by atoms with E-state index in [1.807, 2.05) is 12.1 Å². The number of anilines is 1. The van der Waals surface area contributed by atoms with Gasteiger partial charge in [0.25, 0.3) is 0 Å². The molecule has 6 heteroatoms. The first-order chi connectivity index (χ1) is 9.31. The zero-order valence-corrected chi connectivity index (χ0v) is 11.6. The number of aromatic nitrogens is 1. The van der Waals surface area contributed by atoms with Gasteiger partial charge in [-0.2, -0.15) is 0 Å². The monoisotopic (exact) mass is 278 g/mol. The molecule has 0 saturated carbocycles. The highest BCUT2D eigenvalue weighted by Crippen LogP contribution is 2.29. The fraction of sp³-hybridized carbons (Fsp3) is 0.538. The van der Waals surface area contributed by atoms with Crippen LogP contribution in [0.4, 0.5) is 5.69 Å². The largest absolute Gasteiger partial charge is 0.375 e. The first-order valence-electron chi connectivity index (χ1n) is 6.70. The fourth-order valence-electron chi connectivity index (χ4n) is 2.38. The maximum atomic E-state index is 11.4. The number of carbonyl (C=O) groups is 1. The Labute approximate surface area is 116 Å². The van der Waals surface area contributed by atoms with Crippen molar-refractivity contribution >= 4 is 22.6 Å². The molecule has 1 aromatic heterocycles. The molecule has 0 atom stereocenters. The second-order valence-corrected chi connectivity index (χ2v) is 5.93. The van der Waals surface area contributed by atoms with Crippen molar-refractivity contribution in [3.8, 4) is 0 Å².